The van der Waals surface area contributed by atoms with E-state index in [0.717, 1.165) is 33.6 Å². The van der Waals surface area contributed by atoms with Gasteiger partial charge >= 0.3 is 29.6 Å². The summed E-state index contributed by atoms with van der Waals surface area (Å²) in [6.07, 6.45) is 7.88. The number of hydrogen-bond donors (Lipinski definition) is 6. The van der Waals surface area contributed by atoms with E-state index in [4.69, 9.17) is 0 Å². The minimum absolute atomic E-state index is 0. The summed E-state index contributed by atoms with van der Waals surface area (Å²) in [4.78, 5) is -0.612. The molecule has 53 heavy (non-hydrogen) atoms. The molecule has 6 rings (SSSR count). The van der Waals surface area contributed by atoms with E-state index < -0.39 is 30.4 Å². The second-order valence-corrected chi connectivity index (χ2v) is 15.9. The molecule has 0 aromatic heterocycles. The van der Waals surface area contributed by atoms with Crippen LogP contribution in [0.3, 0.4) is 0 Å². The molecule has 0 fully saturated rings. The summed E-state index contributed by atoms with van der Waals surface area (Å²) in [6, 6.07) is 32.3. The molecule has 0 heterocycles. The second-order valence-electron chi connectivity index (χ2n) is 11.6. The first-order valence-electron chi connectivity index (χ1n) is 15.5. The minimum atomic E-state index is -4.30. The average Bonchev–Trinajstić information content (AvgIpc) is 3.10. The third-order valence-corrected chi connectivity index (χ3v) is 10.6. The Kier molecular flexibility index (Phi) is 12.1. The van der Waals surface area contributed by atoms with Crippen LogP contribution in [-0.4, -0.2) is 74.5 Å². The summed E-state index contributed by atoms with van der Waals surface area (Å²) in [6.45, 7) is 0. The fraction of sp³-hybridized carbons (Fsp3) is 0.0270. The molecular weight excluding hydrogens is 750 g/mol. The predicted octanol–water partition coefficient (Wildman–Crippen LogP) is 6.67. The molecule has 12 nitrogen and oxygen atoms in total. The van der Waals surface area contributed by atoms with Crippen molar-refractivity contribution in [3.8, 4) is 0 Å². The van der Waals surface area contributed by atoms with Gasteiger partial charge in [-0.3, -0.25) is 13.7 Å². The summed E-state index contributed by atoms with van der Waals surface area (Å²) in [5.41, 5.74) is 7.00. The summed E-state index contributed by atoms with van der Waals surface area (Å²) in [5.74, 6) is 0. The summed E-state index contributed by atoms with van der Waals surface area (Å²) in [5, 5.41) is 9.74. The maximum absolute atomic E-state index is 11.4. The predicted molar refractivity (Wildman–Crippen MR) is 207 cm³/mol. The monoisotopic (exact) mass is 781 g/mol. The SMILES string of the molecule is O=S(=O)(O)c1ccc(Nc2ccc(C(=C3C=CC(Nc4ccc(S(=O)(=O)O)cc4)C=C3)c3ccc(Nc4ccc(S(=O)(=O)O)cc4)cc3)cc2)cc1.[NaH]. The van der Waals surface area contributed by atoms with Crippen molar-refractivity contribution in [3.63, 3.8) is 0 Å². The van der Waals surface area contributed by atoms with Crippen LogP contribution in [0.1, 0.15) is 11.1 Å². The first-order valence-corrected chi connectivity index (χ1v) is 19.8. The van der Waals surface area contributed by atoms with E-state index >= 15 is 0 Å². The number of anilines is 5. The van der Waals surface area contributed by atoms with Gasteiger partial charge in [-0.25, -0.2) is 0 Å². The van der Waals surface area contributed by atoms with Crippen LogP contribution in [0.2, 0.25) is 0 Å². The van der Waals surface area contributed by atoms with Crippen LogP contribution in [0, 0.1) is 0 Å². The molecule has 5 aromatic rings. The van der Waals surface area contributed by atoms with Crippen LogP contribution >= 0.6 is 0 Å². The number of rotatable bonds is 11. The Labute approximate surface area is 329 Å². The van der Waals surface area contributed by atoms with Crippen LogP contribution < -0.4 is 16.0 Å². The van der Waals surface area contributed by atoms with E-state index in [2.05, 4.69) is 16.0 Å². The molecule has 5 aromatic carbocycles. The van der Waals surface area contributed by atoms with Gasteiger partial charge in [0, 0.05) is 28.4 Å². The molecule has 0 unspecified atom stereocenters. The molecule has 16 heteroatoms. The first kappa shape index (κ1) is 39.7. The van der Waals surface area contributed by atoms with Gasteiger partial charge < -0.3 is 16.0 Å². The number of benzene rings is 5. The molecular formula is C37H32N3NaO9S3. The van der Waals surface area contributed by atoms with Crippen LogP contribution in [0.25, 0.3) is 5.57 Å². The molecule has 0 saturated heterocycles. The van der Waals surface area contributed by atoms with Crippen molar-refractivity contribution >= 4 is 93.9 Å². The molecule has 1 aliphatic carbocycles. The van der Waals surface area contributed by atoms with Gasteiger partial charge in [-0.15, -0.1) is 0 Å². The van der Waals surface area contributed by atoms with E-state index in [9.17, 15) is 38.9 Å². The molecule has 0 saturated carbocycles. The van der Waals surface area contributed by atoms with Crippen LogP contribution in [0.5, 0.6) is 0 Å². The molecule has 0 spiro atoms. The fourth-order valence-corrected chi connectivity index (χ4v) is 6.85. The summed E-state index contributed by atoms with van der Waals surface area (Å²) < 4.78 is 96.2. The molecule has 6 N–H and O–H groups in total. The van der Waals surface area contributed by atoms with Gasteiger partial charge in [-0.05, 0) is 119 Å². The maximum atomic E-state index is 11.4. The van der Waals surface area contributed by atoms with Gasteiger partial charge in [0.1, 0.15) is 0 Å². The van der Waals surface area contributed by atoms with Gasteiger partial charge in [0.25, 0.3) is 30.4 Å². The Morgan fingerprint density at radius 3 is 1.02 bits per heavy atom. The summed E-state index contributed by atoms with van der Waals surface area (Å²) in [7, 11) is -12.9. The van der Waals surface area contributed by atoms with Crippen LogP contribution in [-0.2, 0) is 30.4 Å². The van der Waals surface area contributed by atoms with E-state index in [1.165, 1.54) is 36.4 Å². The molecule has 1 aliphatic rings. The van der Waals surface area contributed by atoms with Gasteiger partial charge in [-0.2, -0.15) is 25.3 Å². The van der Waals surface area contributed by atoms with Gasteiger partial charge in [0.2, 0.25) is 0 Å². The van der Waals surface area contributed by atoms with Crippen molar-refractivity contribution in [2.45, 2.75) is 20.7 Å². The fourth-order valence-electron chi connectivity index (χ4n) is 5.41. The van der Waals surface area contributed by atoms with Gasteiger partial charge in [0.15, 0.2) is 0 Å². The third-order valence-electron chi connectivity index (χ3n) is 7.97. The summed E-state index contributed by atoms with van der Waals surface area (Å²) >= 11 is 0. The van der Waals surface area contributed by atoms with Crippen molar-refractivity contribution in [1.29, 1.82) is 0 Å². The Bertz CT molecular complexity index is 2380. The number of allylic oxidation sites excluding steroid dienone is 3. The quantitative estimate of drug-likeness (QED) is 0.0615. The number of nitrogens with one attached hydrogen (secondary N) is 3. The molecule has 0 aliphatic heterocycles. The van der Waals surface area contributed by atoms with E-state index in [1.54, 1.807) is 36.4 Å². The molecule has 0 amide bonds. The van der Waals surface area contributed by atoms with Gasteiger partial charge in [-0.1, -0.05) is 48.6 Å². The second kappa shape index (κ2) is 16.2. The topological polar surface area (TPSA) is 199 Å². The van der Waals surface area contributed by atoms with Crippen molar-refractivity contribution in [3.05, 3.63) is 162 Å². The first-order chi connectivity index (χ1) is 24.6. The zero-order valence-electron chi connectivity index (χ0n) is 26.9. The number of hydrogen-bond acceptors (Lipinski definition) is 9. The van der Waals surface area contributed by atoms with E-state index in [0.29, 0.717) is 17.1 Å². The van der Waals surface area contributed by atoms with Crippen molar-refractivity contribution < 1.29 is 38.9 Å². The Morgan fingerprint density at radius 1 is 0.434 bits per heavy atom. The van der Waals surface area contributed by atoms with E-state index in [1.807, 2.05) is 72.8 Å². The Balaban J connectivity index is 0.00000541. The molecule has 0 bridgehead atoms. The van der Waals surface area contributed by atoms with Crippen molar-refractivity contribution in [1.82, 2.24) is 0 Å². The Morgan fingerprint density at radius 2 is 0.717 bits per heavy atom. The molecule has 0 radical (unpaired) electrons. The zero-order valence-corrected chi connectivity index (χ0v) is 29.4. The van der Waals surface area contributed by atoms with Crippen LogP contribution in [0.15, 0.2) is 166 Å². The van der Waals surface area contributed by atoms with Crippen molar-refractivity contribution in [2.75, 3.05) is 16.0 Å². The Hall–Kier alpha value is -4.55. The third kappa shape index (κ3) is 10.3. The van der Waals surface area contributed by atoms with Crippen molar-refractivity contribution in [2.24, 2.45) is 0 Å². The zero-order chi connectivity index (χ0) is 37.1. The molecule has 0 atom stereocenters. The van der Waals surface area contributed by atoms with Gasteiger partial charge in [0.05, 0.1) is 20.7 Å². The van der Waals surface area contributed by atoms with Crippen LogP contribution in [0.4, 0.5) is 28.4 Å². The normalized spacial score (nSPS) is 14.2. The standard InChI is InChI=1S/C37H31N3O9S3.Na.H/c41-50(42,43)34-19-13-31(14-20-34)38-28-7-1-25(2-8-28)37(26-3-9-29(10-4-26)39-32-15-21-35(22-16-32)51(44,45)46)27-5-11-30(12-6-27)40-33-17-23-36(24-18-33)52(47,48)49;;/h1-24,28,38-40H,(H,41,42,43)(H,44,45,46)(H,47,48,49);;. The molecule has 268 valence electrons. The van der Waals surface area contributed by atoms with E-state index in [-0.39, 0.29) is 50.3 Å². The average molecular weight is 782 g/mol.